The number of benzene rings is 3. The summed E-state index contributed by atoms with van der Waals surface area (Å²) < 4.78 is 7.90. The molecule has 0 radical (unpaired) electrons. The summed E-state index contributed by atoms with van der Waals surface area (Å²) in [5.74, 6) is 2.22. The Morgan fingerprint density at radius 1 is 0.917 bits per heavy atom. The number of amides is 1. The van der Waals surface area contributed by atoms with Crippen molar-refractivity contribution < 1.29 is 9.53 Å². The maximum atomic E-state index is 12.9. The number of alkyl carbamates (subject to hydrolysis) is 1. The lowest BCUT2D eigenvalue weighted by molar-refractivity contribution is 0.0377. The Morgan fingerprint density at radius 3 is 2.35 bits per heavy atom. The quantitative estimate of drug-likeness (QED) is 0.175. The summed E-state index contributed by atoms with van der Waals surface area (Å²) in [4.78, 5) is 23.1. The number of imidazole rings is 1. The number of pyridine rings is 1. The van der Waals surface area contributed by atoms with Crippen LogP contribution in [-0.2, 0) is 10.3 Å². The highest BCUT2D eigenvalue weighted by molar-refractivity contribution is 5.91. The molecule has 3 aliphatic rings. The maximum Gasteiger partial charge on any atom is 0.408 e. The van der Waals surface area contributed by atoms with Gasteiger partial charge in [-0.1, -0.05) is 60.7 Å². The molecule has 2 aromatic heterocycles. The molecule has 8 heteroatoms. The van der Waals surface area contributed by atoms with Crippen LogP contribution < -0.4 is 16.0 Å². The molecule has 0 bridgehead atoms. The van der Waals surface area contributed by atoms with E-state index in [0.29, 0.717) is 5.92 Å². The van der Waals surface area contributed by atoms with Gasteiger partial charge in [-0.05, 0) is 107 Å². The molecule has 48 heavy (non-hydrogen) atoms. The molecule has 3 N–H and O–H groups in total. The number of nitrogens with one attached hydrogen (secondary N) is 3. The molecule has 8 nitrogen and oxygen atoms in total. The number of nitrogens with zero attached hydrogens (tertiary/aromatic N) is 3. The van der Waals surface area contributed by atoms with Gasteiger partial charge in [-0.25, -0.2) is 14.8 Å². The Balaban J connectivity index is 1.26. The SMILES string of the molecule is CC(C)(C)OC(=O)NC1(c2ccc(-c3c(-c4ccc(C5CCNCC5)cc4)nc4n3-c3cccnc3Nc3ccccc3-4)cc2)CCC1. The van der Waals surface area contributed by atoms with E-state index in [1.807, 2.05) is 39.1 Å². The zero-order valence-corrected chi connectivity index (χ0v) is 27.8. The second-order valence-corrected chi connectivity index (χ2v) is 14.3. The molecule has 3 aromatic carbocycles. The van der Waals surface area contributed by atoms with Gasteiger partial charge in [0.2, 0.25) is 0 Å². The van der Waals surface area contributed by atoms with Crippen molar-refractivity contribution in [2.45, 2.75) is 69.9 Å². The summed E-state index contributed by atoms with van der Waals surface area (Å²) in [6.45, 7) is 7.81. The maximum absolute atomic E-state index is 12.9. The molecule has 1 aliphatic carbocycles. The van der Waals surface area contributed by atoms with Gasteiger partial charge in [-0.2, -0.15) is 0 Å². The molecule has 2 fully saturated rings. The van der Waals surface area contributed by atoms with Crippen molar-refractivity contribution in [2.75, 3.05) is 18.4 Å². The van der Waals surface area contributed by atoms with Crippen LogP contribution >= 0.6 is 0 Å². The summed E-state index contributed by atoms with van der Waals surface area (Å²) in [5.41, 5.74) is 8.45. The van der Waals surface area contributed by atoms with Crippen LogP contribution in [0.15, 0.2) is 91.1 Å². The van der Waals surface area contributed by atoms with E-state index in [2.05, 4.69) is 93.3 Å². The first-order chi connectivity index (χ1) is 23.3. The zero-order valence-electron chi connectivity index (χ0n) is 27.8. The van der Waals surface area contributed by atoms with E-state index in [-0.39, 0.29) is 6.09 Å². The smallest absolute Gasteiger partial charge is 0.408 e. The van der Waals surface area contributed by atoms with E-state index in [1.54, 1.807) is 0 Å². The van der Waals surface area contributed by atoms with Gasteiger partial charge in [0.25, 0.3) is 0 Å². The largest absolute Gasteiger partial charge is 0.444 e. The number of rotatable bonds is 5. The summed E-state index contributed by atoms with van der Waals surface area (Å²) in [6, 6.07) is 30.1. The predicted molar refractivity (Wildman–Crippen MR) is 191 cm³/mol. The van der Waals surface area contributed by atoms with Gasteiger partial charge in [-0.15, -0.1) is 0 Å². The topological polar surface area (TPSA) is 93.1 Å². The lowest BCUT2D eigenvalue weighted by Gasteiger charge is -2.43. The highest BCUT2D eigenvalue weighted by atomic mass is 16.6. The molecule has 0 atom stereocenters. The molecule has 0 spiro atoms. The third-order valence-corrected chi connectivity index (χ3v) is 9.98. The van der Waals surface area contributed by atoms with Crippen LogP contribution in [0.1, 0.15) is 69.9 Å². The number of carbonyl (C=O) groups excluding carboxylic acids is 1. The van der Waals surface area contributed by atoms with Gasteiger partial charge >= 0.3 is 6.09 Å². The van der Waals surface area contributed by atoms with Crippen LogP contribution in [0.4, 0.5) is 16.3 Å². The molecular formula is C40H42N6O2. The average molecular weight is 639 g/mol. The van der Waals surface area contributed by atoms with Gasteiger partial charge in [0, 0.05) is 22.9 Å². The van der Waals surface area contributed by atoms with E-state index < -0.39 is 11.1 Å². The number of piperidine rings is 1. The Morgan fingerprint density at radius 2 is 1.65 bits per heavy atom. The first kappa shape index (κ1) is 30.4. The van der Waals surface area contributed by atoms with Crippen LogP contribution in [0.25, 0.3) is 39.6 Å². The minimum atomic E-state index is -0.556. The Labute approximate surface area is 282 Å². The zero-order chi connectivity index (χ0) is 32.9. The van der Waals surface area contributed by atoms with Crippen LogP contribution in [0.5, 0.6) is 0 Å². The third-order valence-electron chi connectivity index (χ3n) is 9.98. The molecule has 1 saturated heterocycles. The highest BCUT2D eigenvalue weighted by Gasteiger charge is 2.41. The fourth-order valence-electron chi connectivity index (χ4n) is 7.42. The number of hydrogen-bond acceptors (Lipinski definition) is 6. The van der Waals surface area contributed by atoms with Crippen molar-refractivity contribution in [1.82, 2.24) is 25.2 Å². The van der Waals surface area contributed by atoms with Gasteiger partial charge < -0.3 is 20.7 Å². The second kappa shape index (κ2) is 11.9. The second-order valence-electron chi connectivity index (χ2n) is 14.3. The van der Waals surface area contributed by atoms with Crippen LogP contribution in [0.3, 0.4) is 0 Å². The first-order valence-corrected chi connectivity index (χ1v) is 17.2. The van der Waals surface area contributed by atoms with Gasteiger partial charge in [0.05, 0.1) is 28.3 Å². The normalized spacial score (nSPS) is 16.7. The summed E-state index contributed by atoms with van der Waals surface area (Å²) in [7, 11) is 0. The van der Waals surface area contributed by atoms with Gasteiger partial charge in [-0.3, -0.25) is 4.57 Å². The average Bonchev–Trinajstić information content (AvgIpc) is 3.41. The van der Waals surface area contributed by atoms with Crippen molar-refractivity contribution in [3.05, 3.63) is 102 Å². The van der Waals surface area contributed by atoms with Crippen molar-refractivity contribution in [3.63, 3.8) is 0 Å². The van der Waals surface area contributed by atoms with E-state index in [4.69, 9.17) is 14.7 Å². The van der Waals surface area contributed by atoms with E-state index in [9.17, 15) is 4.79 Å². The van der Waals surface area contributed by atoms with Crippen molar-refractivity contribution in [3.8, 4) is 39.6 Å². The lowest BCUT2D eigenvalue weighted by Crippen LogP contribution is -2.52. The molecule has 244 valence electrons. The molecular weight excluding hydrogens is 596 g/mol. The Kier molecular flexibility index (Phi) is 7.56. The number of fused-ring (bicyclic) bond motifs is 5. The van der Waals surface area contributed by atoms with Crippen LogP contribution in [0, 0.1) is 0 Å². The Bertz CT molecular complexity index is 1960. The summed E-state index contributed by atoms with van der Waals surface area (Å²) >= 11 is 0. The molecule has 1 saturated carbocycles. The van der Waals surface area contributed by atoms with Gasteiger partial charge in [0.1, 0.15) is 11.4 Å². The molecule has 2 aliphatic heterocycles. The third kappa shape index (κ3) is 5.54. The molecule has 0 unspecified atom stereocenters. The Hall–Kier alpha value is -4.95. The number of aromatic nitrogens is 3. The molecule has 4 heterocycles. The standard InChI is InChI=1S/C40H42N6O2/c1-39(2,3)48-38(47)45-40(21-7-22-40)30-17-15-29(16-18-30)35-34(28-13-11-26(12-14-28)27-19-24-41-25-20-27)44-37-31-8-4-5-9-32(31)43-36-33(46(35)37)10-6-23-42-36/h4-6,8-18,23,27,41H,7,19-22,24-25H2,1-3H3,(H,42,43)(H,45,47). The van der Waals surface area contributed by atoms with Crippen LogP contribution in [0.2, 0.25) is 0 Å². The predicted octanol–water partition coefficient (Wildman–Crippen LogP) is 8.70. The lowest BCUT2D eigenvalue weighted by atomic mass is 9.71. The number of anilines is 2. The first-order valence-electron chi connectivity index (χ1n) is 17.2. The molecule has 1 amide bonds. The number of carbonyl (C=O) groups is 1. The minimum absolute atomic E-state index is 0.377. The van der Waals surface area contributed by atoms with E-state index >= 15 is 0 Å². The van der Waals surface area contributed by atoms with E-state index in [1.165, 1.54) is 5.56 Å². The number of para-hydroxylation sites is 1. The van der Waals surface area contributed by atoms with Crippen molar-refractivity contribution in [2.24, 2.45) is 0 Å². The van der Waals surface area contributed by atoms with Crippen molar-refractivity contribution >= 4 is 17.6 Å². The van der Waals surface area contributed by atoms with Gasteiger partial charge in [0.15, 0.2) is 5.82 Å². The minimum Gasteiger partial charge on any atom is -0.444 e. The fourth-order valence-corrected chi connectivity index (χ4v) is 7.42. The highest BCUT2D eigenvalue weighted by Crippen LogP contribution is 2.46. The fraction of sp³-hybridized carbons (Fsp3) is 0.325. The van der Waals surface area contributed by atoms with Crippen molar-refractivity contribution in [1.29, 1.82) is 0 Å². The monoisotopic (exact) mass is 638 g/mol. The van der Waals surface area contributed by atoms with Crippen LogP contribution in [-0.4, -0.2) is 39.3 Å². The molecule has 5 aromatic rings. The summed E-state index contributed by atoms with van der Waals surface area (Å²) in [6.07, 6.45) is 6.58. The number of ether oxygens (including phenoxy) is 1. The summed E-state index contributed by atoms with van der Waals surface area (Å²) in [5, 5.41) is 10.3. The number of hydrogen-bond donors (Lipinski definition) is 3. The van der Waals surface area contributed by atoms with E-state index in [0.717, 1.165) is 102 Å². The molecule has 8 rings (SSSR count).